The van der Waals surface area contributed by atoms with E-state index in [2.05, 4.69) is 5.32 Å². The number of anilines is 1. The van der Waals surface area contributed by atoms with Crippen LogP contribution in [0.15, 0.2) is 53.4 Å². The van der Waals surface area contributed by atoms with Crippen LogP contribution in [0.4, 0.5) is 5.69 Å². The third kappa shape index (κ3) is 7.15. The number of aryl methyl sites for hydroxylation is 1. The summed E-state index contributed by atoms with van der Waals surface area (Å²) in [5, 5.41) is 3.13. The molecule has 1 N–H and O–H groups in total. The van der Waals surface area contributed by atoms with Gasteiger partial charge in [0.05, 0.1) is 4.90 Å². The number of nitrogens with one attached hydrogen (secondary N) is 1. The van der Waals surface area contributed by atoms with Crippen LogP contribution < -0.4 is 5.32 Å². The Labute approximate surface area is 199 Å². The van der Waals surface area contributed by atoms with Gasteiger partial charge in [0.2, 0.25) is 10.0 Å². The fraction of sp³-hybridized carbons (Fsp3) is 0.333. The van der Waals surface area contributed by atoms with E-state index in [4.69, 9.17) is 16.3 Å². The first-order valence-electron chi connectivity index (χ1n) is 10.8. The highest BCUT2D eigenvalue weighted by molar-refractivity contribution is 7.89. The average Bonchev–Trinajstić information content (AvgIpc) is 3.09. The second kappa shape index (κ2) is 11.4. The lowest BCUT2D eigenvalue weighted by Gasteiger charge is -2.19. The summed E-state index contributed by atoms with van der Waals surface area (Å²) in [4.78, 5) is 24.1. The molecule has 9 heteroatoms. The van der Waals surface area contributed by atoms with Crippen molar-refractivity contribution >= 4 is 45.3 Å². The predicted molar refractivity (Wildman–Crippen MR) is 128 cm³/mol. The molecule has 33 heavy (non-hydrogen) atoms. The highest BCUT2D eigenvalue weighted by atomic mass is 35.5. The Kier molecular flexibility index (Phi) is 8.66. The molecule has 0 aliphatic carbocycles. The second-order valence-electron chi connectivity index (χ2n) is 7.84. The SMILES string of the molecule is Cc1ccc(NC(=O)COC(=O)C=Cc2ccc(S(=O)(=O)N3CCCCCC3)cc2)cc1Cl. The van der Waals surface area contributed by atoms with Gasteiger partial charge in [-0.3, -0.25) is 4.79 Å². The maximum Gasteiger partial charge on any atom is 0.331 e. The van der Waals surface area contributed by atoms with Crippen molar-refractivity contribution in [1.82, 2.24) is 4.31 Å². The van der Waals surface area contributed by atoms with E-state index in [1.165, 1.54) is 28.6 Å². The van der Waals surface area contributed by atoms with Crippen molar-refractivity contribution in [2.75, 3.05) is 25.0 Å². The van der Waals surface area contributed by atoms with Gasteiger partial charge in [-0.05, 0) is 61.2 Å². The average molecular weight is 491 g/mol. The molecule has 0 saturated carbocycles. The highest BCUT2D eigenvalue weighted by Crippen LogP contribution is 2.21. The van der Waals surface area contributed by atoms with Gasteiger partial charge in [0.15, 0.2) is 6.61 Å². The van der Waals surface area contributed by atoms with Gasteiger partial charge in [0, 0.05) is 29.9 Å². The Hall–Kier alpha value is -2.68. The molecule has 2 aromatic rings. The molecule has 0 aromatic heterocycles. The molecule has 0 atom stereocenters. The van der Waals surface area contributed by atoms with Crippen LogP contribution in [0, 0.1) is 6.92 Å². The van der Waals surface area contributed by atoms with Crippen molar-refractivity contribution < 1.29 is 22.7 Å². The summed E-state index contributed by atoms with van der Waals surface area (Å²) in [6.45, 7) is 2.49. The maximum absolute atomic E-state index is 12.8. The number of amides is 1. The fourth-order valence-electron chi connectivity index (χ4n) is 3.40. The van der Waals surface area contributed by atoms with Crippen LogP contribution >= 0.6 is 11.6 Å². The third-order valence-electron chi connectivity index (χ3n) is 5.30. The number of nitrogens with zero attached hydrogens (tertiary/aromatic N) is 1. The van der Waals surface area contributed by atoms with Gasteiger partial charge >= 0.3 is 5.97 Å². The molecular weight excluding hydrogens is 464 g/mol. The number of rotatable bonds is 7. The zero-order chi connectivity index (χ0) is 23.8. The third-order valence-corrected chi connectivity index (χ3v) is 7.62. The normalized spacial score (nSPS) is 15.2. The summed E-state index contributed by atoms with van der Waals surface area (Å²) in [7, 11) is -3.52. The van der Waals surface area contributed by atoms with E-state index in [0.717, 1.165) is 31.2 Å². The topological polar surface area (TPSA) is 92.8 Å². The van der Waals surface area contributed by atoms with E-state index in [1.54, 1.807) is 30.3 Å². The quantitative estimate of drug-likeness (QED) is 0.458. The smallest absolute Gasteiger partial charge is 0.331 e. The lowest BCUT2D eigenvalue weighted by Crippen LogP contribution is -2.31. The molecule has 1 fully saturated rings. The molecular formula is C24H27ClN2O5S. The molecule has 0 unspecified atom stereocenters. The Morgan fingerprint density at radius 2 is 1.73 bits per heavy atom. The van der Waals surface area contributed by atoms with Crippen molar-refractivity contribution in [1.29, 1.82) is 0 Å². The van der Waals surface area contributed by atoms with Crippen molar-refractivity contribution in [2.45, 2.75) is 37.5 Å². The van der Waals surface area contributed by atoms with Crippen LogP contribution in [0.3, 0.4) is 0 Å². The molecule has 7 nitrogen and oxygen atoms in total. The van der Waals surface area contributed by atoms with Crippen LogP contribution in [-0.4, -0.2) is 44.3 Å². The zero-order valence-corrected chi connectivity index (χ0v) is 20.0. The summed E-state index contributed by atoms with van der Waals surface area (Å²) in [6, 6.07) is 11.4. The number of benzene rings is 2. The van der Waals surface area contributed by atoms with Crippen LogP contribution in [0.5, 0.6) is 0 Å². The number of esters is 1. The largest absolute Gasteiger partial charge is 0.452 e. The van der Waals surface area contributed by atoms with E-state index < -0.39 is 28.5 Å². The van der Waals surface area contributed by atoms with E-state index in [9.17, 15) is 18.0 Å². The van der Waals surface area contributed by atoms with Gasteiger partial charge in [0.1, 0.15) is 0 Å². The molecule has 1 amide bonds. The van der Waals surface area contributed by atoms with Crippen LogP contribution in [-0.2, 0) is 24.3 Å². The van der Waals surface area contributed by atoms with Gasteiger partial charge in [-0.25, -0.2) is 13.2 Å². The standard InChI is InChI=1S/C24H27ClN2O5S/c1-18-6-10-20(16-22(18)25)26-23(28)17-32-24(29)13-9-19-7-11-21(12-8-19)33(30,31)27-14-4-2-3-5-15-27/h6-13,16H,2-5,14-15,17H2,1H3,(H,26,28). The van der Waals surface area contributed by atoms with Crippen molar-refractivity contribution in [2.24, 2.45) is 0 Å². The number of sulfonamides is 1. The minimum atomic E-state index is -3.52. The lowest BCUT2D eigenvalue weighted by molar-refractivity contribution is -0.142. The number of carbonyl (C=O) groups excluding carboxylic acids is 2. The number of hydrogen-bond acceptors (Lipinski definition) is 5. The molecule has 0 spiro atoms. The Bertz CT molecular complexity index is 1120. The minimum Gasteiger partial charge on any atom is -0.452 e. The summed E-state index contributed by atoms with van der Waals surface area (Å²) in [5.74, 6) is -1.17. The maximum atomic E-state index is 12.8. The van der Waals surface area contributed by atoms with Crippen LogP contribution in [0.25, 0.3) is 6.08 Å². The summed E-state index contributed by atoms with van der Waals surface area (Å²) >= 11 is 6.02. The van der Waals surface area contributed by atoms with Crippen molar-refractivity contribution in [3.63, 3.8) is 0 Å². The first-order chi connectivity index (χ1) is 15.8. The summed E-state index contributed by atoms with van der Waals surface area (Å²) in [6.07, 6.45) is 6.54. The van der Waals surface area contributed by atoms with Crippen molar-refractivity contribution in [3.05, 3.63) is 64.7 Å². The van der Waals surface area contributed by atoms with Gasteiger partial charge in [-0.15, -0.1) is 0 Å². The monoisotopic (exact) mass is 490 g/mol. The number of halogens is 1. The number of carbonyl (C=O) groups is 2. The Balaban J connectivity index is 1.51. The van der Waals surface area contributed by atoms with Gasteiger partial charge in [-0.1, -0.05) is 42.6 Å². The van der Waals surface area contributed by atoms with Crippen LogP contribution in [0.2, 0.25) is 5.02 Å². The first kappa shape index (κ1) is 25.0. The molecule has 1 heterocycles. The van der Waals surface area contributed by atoms with Crippen molar-refractivity contribution in [3.8, 4) is 0 Å². The zero-order valence-electron chi connectivity index (χ0n) is 18.4. The number of hydrogen-bond donors (Lipinski definition) is 1. The van der Waals surface area contributed by atoms with Gasteiger partial charge in [-0.2, -0.15) is 4.31 Å². The van der Waals surface area contributed by atoms with Gasteiger partial charge < -0.3 is 10.1 Å². The van der Waals surface area contributed by atoms with E-state index in [1.807, 2.05) is 6.92 Å². The van der Waals surface area contributed by atoms with E-state index in [-0.39, 0.29) is 4.90 Å². The highest BCUT2D eigenvalue weighted by Gasteiger charge is 2.24. The van der Waals surface area contributed by atoms with E-state index >= 15 is 0 Å². The minimum absolute atomic E-state index is 0.233. The summed E-state index contributed by atoms with van der Waals surface area (Å²) < 4.78 is 32.1. The number of ether oxygens (including phenoxy) is 1. The predicted octanol–water partition coefficient (Wildman–Crippen LogP) is 4.41. The van der Waals surface area contributed by atoms with Gasteiger partial charge in [0.25, 0.3) is 5.91 Å². The molecule has 1 aliphatic rings. The Morgan fingerprint density at radius 1 is 1.06 bits per heavy atom. The molecule has 176 valence electrons. The van der Waals surface area contributed by atoms with Crippen LogP contribution in [0.1, 0.15) is 36.8 Å². The molecule has 1 aliphatic heterocycles. The molecule has 1 saturated heterocycles. The Morgan fingerprint density at radius 3 is 2.36 bits per heavy atom. The molecule has 3 rings (SSSR count). The molecule has 2 aromatic carbocycles. The molecule has 0 radical (unpaired) electrons. The lowest BCUT2D eigenvalue weighted by atomic mass is 10.2. The fourth-order valence-corrected chi connectivity index (χ4v) is 5.10. The second-order valence-corrected chi connectivity index (χ2v) is 10.2. The summed E-state index contributed by atoms with van der Waals surface area (Å²) in [5.41, 5.74) is 2.04. The first-order valence-corrected chi connectivity index (χ1v) is 12.6. The molecule has 0 bridgehead atoms. The van der Waals surface area contributed by atoms with E-state index in [0.29, 0.717) is 29.4 Å².